The number of hydrogen-bond donors (Lipinski definition) is 1. The van der Waals surface area contributed by atoms with Crippen molar-refractivity contribution in [3.05, 3.63) is 51.4 Å². The average Bonchev–Trinajstić information content (AvgIpc) is 3.60. The molecule has 2 fully saturated rings. The van der Waals surface area contributed by atoms with E-state index >= 15 is 0 Å². The molecule has 0 amide bonds. The van der Waals surface area contributed by atoms with Crippen molar-refractivity contribution in [3.8, 4) is 6.07 Å². The summed E-state index contributed by atoms with van der Waals surface area (Å²) >= 11 is 7.92. The van der Waals surface area contributed by atoms with Gasteiger partial charge in [-0.2, -0.15) is 10.4 Å². The average molecular weight is 431 g/mol. The Bertz CT molecular complexity index is 960. The van der Waals surface area contributed by atoms with Crippen LogP contribution in [-0.4, -0.2) is 40.3 Å². The van der Waals surface area contributed by atoms with Gasteiger partial charge in [0.2, 0.25) is 0 Å². The third-order valence-electron chi connectivity index (χ3n) is 5.32. The minimum Gasteiger partial charge on any atom is -0.385 e. The van der Waals surface area contributed by atoms with E-state index in [-0.39, 0.29) is 16.6 Å². The van der Waals surface area contributed by atoms with Crippen molar-refractivity contribution in [3.63, 3.8) is 0 Å². The summed E-state index contributed by atoms with van der Waals surface area (Å²) in [7, 11) is 1.72. The Morgan fingerprint density at radius 2 is 1.93 bits per heavy atom. The van der Waals surface area contributed by atoms with E-state index in [9.17, 15) is 4.79 Å². The molecule has 1 saturated heterocycles. The van der Waals surface area contributed by atoms with Crippen LogP contribution in [0.2, 0.25) is 5.02 Å². The maximum Gasteiger partial charge on any atom is 0.287 e. The highest BCUT2D eigenvalue weighted by Crippen LogP contribution is 2.39. The first-order valence-corrected chi connectivity index (χ1v) is 10.9. The lowest BCUT2D eigenvalue weighted by atomic mass is 10.1. The molecule has 0 atom stereocenters. The molecule has 7 nitrogen and oxygen atoms in total. The highest BCUT2D eigenvalue weighted by Gasteiger charge is 2.33. The monoisotopic (exact) mass is 430 g/mol. The van der Waals surface area contributed by atoms with E-state index in [1.165, 1.54) is 17.5 Å². The van der Waals surface area contributed by atoms with E-state index in [0.29, 0.717) is 17.3 Å². The van der Waals surface area contributed by atoms with E-state index in [4.69, 9.17) is 16.9 Å². The lowest BCUT2D eigenvalue weighted by Crippen LogP contribution is -2.38. The van der Waals surface area contributed by atoms with Gasteiger partial charge in [0.25, 0.3) is 5.56 Å². The molecule has 1 N–H and O–H groups in total. The van der Waals surface area contributed by atoms with Gasteiger partial charge in [-0.05, 0) is 49.9 Å². The normalized spacial score (nSPS) is 17.7. The predicted molar refractivity (Wildman–Crippen MR) is 117 cm³/mol. The molecule has 1 aliphatic carbocycles. The quantitative estimate of drug-likeness (QED) is 0.700. The molecule has 1 aromatic heterocycles. The van der Waals surface area contributed by atoms with Gasteiger partial charge in [0, 0.05) is 44.0 Å². The van der Waals surface area contributed by atoms with Crippen molar-refractivity contribution >= 4 is 35.1 Å². The summed E-state index contributed by atoms with van der Waals surface area (Å²) in [5.41, 5.74) is 2.13. The summed E-state index contributed by atoms with van der Waals surface area (Å²) < 4.78 is 6.23. The molecule has 4 rings (SSSR count). The Morgan fingerprint density at radius 3 is 2.52 bits per heavy atom. The van der Waals surface area contributed by atoms with Crippen LogP contribution in [0.4, 0.5) is 11.4 Å². The van der Waals surface area contributed by atoms with Gasteiger partial charge in [0.15, 0.2) is 0 Å². The number of halogens is 1. The first kappa shape index (κ1) is 20.1. The molecule has 152 valence electrons. The number of nitrogens with one attached hydrogen (secondary N) is 1. The van der Waals surface area contributed by atoms with Gasteiger partial charge in [-0.1, -0.05) is 11.6 Å². The molecule has 2 aliphatic rings. The fourth-order valence-electron chi connectivity index (χ4n) is 3.49. The number of nitrogens with zero attached hydrogens (tertiary/aromatic N) is 5. The Balaban J connectivity index is 1.41. The molecule has 2 heterocycles. The van der Waals surface area contributed by atoms with Crippen LogP contribution in [0.15, 0.2) is 35.3 Å². The molecule has 0 radical (unpaired) electrons. The van der Waals surface area contributed by atoms with Crippen LogP contribution >= 0.6 is 23.7 Å². The zero-order chi connectivity index (χ0) is 20.4. The minimum absolute atomic E-state index is 0.0621. The zero-order valence-corrected chi connectivity index (χ0v) is 17.8. The van der Waals surface area contributed by atoms with E-state index in [0.717, 1.165) is 31.6 Å². The molecule has 0 bridgehead atoms. The van der Waals surface area contributed by atoms with Gasteiger partial charge in [0.05, 0.1) is 29.6 Å². The molecule has 0 unspecified atom stereocenters. The lowest BCUT2D eigenvalue weighted by molar-refractivity contribution is 0.268. The van der Waals surface area contributed by atoms with Crippen LogP contribution in [0.25, 0.3) is 0 Å². The van der Waals surface area contributed by atoms with Crippen LogP contribution in [0.5, 0.6) is 0 Å². The number of rotatable bonds is 6. The highest BCUT2D eigenvalue weighted by molar-refractivity contribution is 7.98. The van der Waals surface area contributed by atoms with Crippen molar-refractivity contribution < 1.29 is 0 Å². The van der Waals surface area contributed by atoms with Crippen molar-refractivity contribution in [1.29, 1.82) is 5.26 Å². The topological polar surface area (TPSA) is 77.2 Å². The predicted octanol–water partition coefficient (Wildman–Crippen LogP) is 3.68. The number of aromatic nitrogens is 2. The molecule has 29 heavy (non-hydrogen) atoms. The van der Waals surface area contributed by atoms with Crippen LogP contribution in [-0.2, 0) is 0 Å². The zero-order valence-electron chi connectivity index (χ0n) is 16.2. The molecule has 9 heteroatoms. The SMILES string of the molecule is CNc1cnn(C2CCN(SN(c3ccc(C#N)cc3)C3CC3)CC2)c(=O)c1Cl. The summed E-state index contributed by atoms with van der Waals surface area (Å²) in [4.78, 5) is 12.5. The van der Waals surface area contributed by atoms with Gasteiger partial charge in [-0.15, -0.1) is 0 Å². The summed E-state index contributed by atoms with van der Waals surface area (Å²) in [6.45, 7) is 1.74. The molecular formula is C20H23ClN6OS. The molecule has 1 aliphatic heterocycles. The van der Waals surface area contributed by atoms with Crippen molar-refractivity contribution in [2.75, 3.05) is 29.8 Å². The first-order valence-electron chi connectivity index (χ1n) is 9.78. The Labute approximate surface area is 179 Å². The molecule has 0 spiro atoms. The minimum atomic E-state index is -0.234. The second kappa shape index (κ2) is 8.66. The fraction of sp³-hybridized carbons (Fsp3) is 0.450. The molecule has 1 aromatic carbocycles. The molecule has 1 saturated carbocycles. The first-order chi connectivity index (χ1) is 14.1. The number of hydrogen-bond acceptors (Lipinski definition) is 7. The van der Waals surface area contributed by atoms with Crippen LogP contribution in [0, 0.1) is 11.3 Å². The van der Waals surface area contributed by atoms with Gasteiger partial charge in [-0.25, -0.2) is 8.99 Å². The number of nitriles is 1. The van der Waals surface area contributed by atoms with Crippen molar-refractivity contribution in [2.45, 2.75) is 37.8 Å². The number of anilines is 2. The lowest BCUT2D eigenvalue weighted by Gasteiger charge is -2.35. The van der Waals surface area contributed by atoms with Crippen LogP contribution in [0.3, 0.4) is 0 Å². The summed E-state index contributed by atoms with van der Waals surface area (Å²) in [5.74, 6) is 0. The Kier molecular flexibility index (Phi) is 5.99. The van der Waals surface area contributed by atoms with E-state index in [1.54, 1.807) is 25.4 Å². The van der Waals surface area contributed by atoms with Gasteiger partial charge >= 0.3 is 0 Å². The van der Waals surface area contributed by atoms with E-state index in [2.05, 4.69) is 25.1 Å². The smallest absolute Gasteiger partial charge is 0.287 e. The summed E-state index contributed by atoms with van der Waals surface area (Å²) in [6.07, 6.45) is 5.70. The fourth-order valence-corrected chi connectivity index (χ4v) is 4.90. The number of piperidine rings is 1. The number of benzene rings is 1. The van der Waals surface area contributed by atoms with Crippen molar-refractivity contribution in [1.82, 2.24) is 14.1 Å². The van der Waals surface area contributed by atoms with Gasteiger partial charge in [0.1, 0.15) is 5.02 Å². The molecule has 2 aromatic rings. The van der Waals surface area contributed by atoms with Crippen LogP contribution in [0.1, 0.15) is 37.3 Å². The van der Waals surface area contributed by atoms with Crippen molar-refractivity contribution in [2.24, 2.45) is 0 Å². The maximum absolute atomic E-state index is 12.5. The van der Waals surface area contributed by atoms with Gasteiger partial charge < -0.3 is 9.62 Å². The molecular weight excluding hydrogens is 408 g/mol. The Morgan fingerprint density at radius 1 is 1.24 bits per heavy atom. The Hall–Kier alpha value is -2.21. The third kappa shape index (κ3) is 4.37. The second-order valence-electron chi connectivity index (χ2n) is 7.33. The largest absolute Gasteiger partial charge is 0.385 e. The second-order valence-corrected chi connectivity index (χ2v) is 8.78. The highest BCUT2D eigenvalue weighted by atomic mass is 35.5. The van der Waals surface area contributed by atoms with Gasteiger partial charge in [-0.3, -0.25) is 4.79 Å². The van der Waals surface area contributed by atoms with E-state index < -0.39 is 0 Å². The summed E-state index contributed by atoms with van der Waals surface area (Å²) in [5, 5.41) is 16.4. The third-order valence-corrected chi connectivity index (χ3v) is 6.96. The standard InChI is InChI=1S/C20H23ClN6OS/c1-23-18-13-24-26(20(28)19(18)21)15-8-10-25(11-9-15)29-27(17-6-7-17)16-4-2-14(12-22)3-5-16/h2-5,13,15,17,23H,6-11H2,1H3. The van der Waals surface area contributed by atoms with E-state index in [1.807, 2.05) is 24.3 Å². The summed E-state index contributed by atoms with van der Waals surface area (Å²) in [6, 6.07) is 10.6. The maximum atomic E-state index is 12.5. The van der Waals surface area contributed by atoms with Crippen LogP contribution < -0.4 is 15.2 Å².